The number of benzene rings is 1. The van der Waals surface area contributed by atoms with Crippen molar-refractivity contribution < 1.29 is 5.11 Å². The van der Waals surface area contributed by atoms with Crippen LogP contribution in [-0.2, 0) is 6.42 Å². The van der Waals surface area contributed by atoms with Crippen molar-refractivity contribution in [2.24, 2.45) is 17.8 Å². The molecule has 0 heterocycles. The van der Waals surface area contributed by atoms with E-state index >= 15 is 0 Å². The zero-order valence-corrected chi connectivity index (χ0v) is 10.9. The standard InChI is InChI=1S/C15H24O/c1-11(2)13(4)9-12(3)10-14-5-7-15(16)8-6-14/h5-8,11-13,16H,9-10H2,1-4H3. The Labute approximate surface area is 99.5 Å². The molecule has 1 aromatic carbocycles. The Morgan fingerprint density at radius 1 is 1.00 bits per heavy atom. The largest absolute Gasteiger partial charge is 0.508 e. The number of hydrogen-bond donors (Lipinski definition) is 1. The molecule has 1 nitrogen and oxygen atoms in total. The van der Waals surface area contributed by atoms with Crippen molar-refractivity contribution in [2.45, 2.75) is 40.5 Å². The van der Waals surface area contributed by atoms with Gasteiger partial charge in [-0.1, -0.05) is 39.8 Å². The quantitative estimate of drug-likeness (QED) is 0.786. The molecule has 0 saturated heterocycles. The molecule has 0 amide bonds. The van der Waals surface area contributed by atoms with Gasteiger partial charge in [0.2, 0.25) is 0 Å². The minimum atomic E-state index is 0.354. The van der Waals surface area contributed by atoms with Crippen LogP contribution in [-0.4, -0.2) is 5.11 Å². The lowest BCUT2D eigenvalue weighted by Gasteiger charge is -2.20. The molecule has 1 aromatic rings. The molecular weight excluding hydrogens is 196 g/mol. The van der Waals surface area contributed by atoms with E-state index in [0.717, 1.165) is 18.3 Å². The molecule has 0 radical (unpaired) electrons. The fourth-order valence-corrected chi connectivity index (χ4v) is 2.02. The zero-order valence-electron chi connectivity index (χ0n) is 10.9. The molecule has 0 saturated carbocycles. The van der Waals surface area contributed by atoms with Crippen LogP contribution < -0.4 is 0 Å². The van der Waals surface area contributed by atoms with Crippen molar-refractivity contribution in [3.63, 3.8) is 0 Å². The number of phenolic OH excluding ortho intramolecular Hbond substituents is 1. The maximum absolute atomic E-state index is 9.21. The van der Waals surface area contributed by atoms with Crippen molar-refractivity contribution in [3.8, 4) is 5.75 Å². The van der Waals surface area contributed by atoms with Gasteiger partial charge in [0.05, 0.1) is 0 Å². The summed E-state index contributed by atoms with van der Waals surface area (Å²) in [5, 5.41) is 9.21. The lowest BCUT2D eigenvalue weighted by atomic mass is 9.86. The highest BCUT2D eigenvalue weighted by Crippen LogP contribution is 2.22. The van der Waals surface area contributed by atoms with E-state index in [-0.39, 0.29) is 0 Å². The third-order valence-electron chi connectivity index (χ3n) is 3.43. The summed E-state index contributed by atoms with van der Waals surface area (Å²) in [6.45, 7) is 9.22. The average molecular weight is 220 g/mol. The first-order valence-corrected chi connectivity index (χ1v) is 6.27. The molecule has 16 heavy (non-hydrogen) atoms. The summed E-state index contributed by atoms with van der Waals surface area (Å²) in [4.78, 5) is 0. The van der Waals surface area contributed by atoms with E-state index in [2.05, 4.69) is 27.7 Å². The predicted octanol–water partition coefficient (Wildman–Crippen LogP) is 4.25. The first-order valence-electron chi connectivity index (χ1n) is 6.27. The Morgan fingerprint density at radius 3 is 2.06 bits per heavy atom. The number of phenols is 1. The fraction of sp³-hybridized carbons (Fsp3) is 0.600. The Kier molecular flexibility index (Phi) is 4.85. The second kappa shape index (κ2) is 5.93. The highest BCUT2D eigenvalue weighted by molar-refractivity contribution is 5.26. The molecule has 2 unspecified atom stereocenters. The van der Waals surface area contributed by atoms with Crippen LogP contribution in [0.3, 0.4) is 0 Å². The van der Waals surface area contributed by atoms with Crippen LogP contribution in [0.5, 0.6) is 5.75 Å². The molecule has 0 aromatic heterocycles. The summed E-state index contributed by atoms with van der Waals surface area (Å²) in [5.41, 5.74) is 1.32. The van der Waals surface area contributed by atoms with Crippen LogP contribution in [0.2, 0.25) is 0 Å². The van der Waals surface area contributed by atoms with Gasteiger partial charge in [0.25, 0.3) is 0 Å². The van der Waals surface area contributed by atoms with Gasteiger partial charge < -0.3 is 5.11 Å². The summed E-state index contributed by atoms with van der Waals surface area (Å²) in [6.07, 6.45) is 2.38. The summed E-state index contributed by atoms with van der Waals surface area (Å²) in [6, 6.07) is 7.58. The van der Waals surface area contributed by atoms with Crippen LogP contribution in [0.4, 0.5) is 0 Å². The summed E-state index contributed by atoms with van der Waals surface area (Å²) in [5.74, 6) is 2.61. The molecule has 1 heteroatoms. The highest BCUT2D eigenvalue weighted by Gasteiger charge is 2.12. The fourth-order valence-electron chi connectivity index (χ4n) is 2.02. The lowest BCUT2D eigenvalue weighted by molar-refractivity contribution is 0.330. The van der Waals surface area contributed by atoms with Crippen LogP contribution >= 0.6 is 0 Å². The van der Waals surface area contributed by atoms with Gasteiger partial charge in [-0.25, -0.2) is 0 Å². The molecule has 0 aliphatic rings. The van der Waals surface area contributed by atoms with E-state index < -0.39 is 0 Å². The Balaban J connectivity index is 2.45. The molecule has 0 bridgehead atoms. The van der Waals surface area contributed by atoms with Crippen LogP contribution in [0.1, 0.15) is 39.7 Å². The number of rotatable bonds is 5. The van der Waals surface area contributed by atoms with Crippen LogP contribution in [0.25, 0.3) is 0 Å². The summed E-state index contributed by atoms with van der Waals surface area (Å²) < 4.78 is 0. The van der Waals surface area contributed by atoms with Crippen molar-refractivity contribution in [1.29, 1.82) is 0 Å². The van der Waals surface area contributed by atoms with Gasteiger partial charge in [-0.2, -0.15) is 0 Å². The van der Waals surface area contributed by atoms with Crippen molar-refractivity contribution in [1.82, 2.24) is 0 Å². The molecule has 0 aliphatic carbocycles. The smallest absolute Gasteiger partial charge is 0.115 e. The molecule has 0 fully saturated rings. The molecule has 2 atom stereocenters. The second-order valence-electron chi connectivity index (χ2n) is 5.43. The summed E-state index contributed by atoms with van der Waals surface area (Å²) in [7, 11) is 0. The highest BCUT2D eigenvalue weighted by atomic mass is 16.3. The predicted molar refractivity (Wildman–Crippen MR) is 69.6 cm³/mol. The third-order valence-corrected chi connectivity index (χ3v) is 3.43. The molecule has 1 N–H and O–H groups in total. The molecule has 0 spiro atoms. The van der Waals surface area contributed by atoms with Gasteiger partial charge >= 0.3 is 0 Å². The van der Waals surface area contributed by atoms with E-state index in [4.69, 9.17) is 0 Å². The normalized spacial score (nSPS) is 15.1. The van der Waals surface area contributed by atoms with Crippen molar-refractivity contribution >= 4 is 0 Å². The van der Waals surface area contributed by atoms with Gasteiger partial charge in [0.15, 0.2) is 0 Å². The van der Waals surface area contributed by atoms with Gasteiger partial charge in [0.1, 0.15) is 5.75 Å². The number of aromatic hydroxyl groups is 1. The third kappa shape index (κ3) is 4.26. The van der Waals surface area contributed by atoms with Crippen LogP contribution in [0.15, 0.2) is 24.3 Å². The molecule has 1 rings (SSSR count). The van der Waals surface area contributed by atoms with Gasteiger partial charge in [-0.15, -0.1) is 0 Å². The number of hydrogen-bond acceptors (Lipinski definition) is 1. The molecular formula is C15H24O. The van der Waals surface area contributed by atoms with Crippen molar-refractivity contribution in [3.05, 3.63) is 29.8 Å². The van der Waals surface area contributed by atoms with Gasteiger partial charge in [0, 0.05) is 0 Å². The van der Waals surface area contributed by atoms with Crippen molar-refractivity contribution in [2.75, 3.05) is 0 Å². The van der Waals surface area contributed by atoms with Gasteiger partial charge in [-0.3, -0.25) is 0 Å². The maximum Gasteiger partial charge on any atom is 0.115 e. The lowest BCUT2D eigenvalue weighted by Crippen LogP contribution is -2.10. The SMILES string of the molecule is CC(Cc1ccc(O)cc1)CC(C)C(C)C. The Hall–Kier alpha value is -0.980. The van der Waals surface area contributed by atoms with E-state index in [0.29, 0.717) is 11.7 Å². The van der Waals surface area contributed by atoms with E-state index in [1.807, 2.05) is 12.1 Å². The Bertz CT molecular complexity index is 300. The van der Waals surface area contributed by atoms with Gasteiger partial charge in [-0.05, 0) is 48.3 Å². The van der Waals surface area contributed by atoms with Crippen LogP contribution in [0, 0.1) is 17.8 Å². The minimum Gasteiger partial charge on any atom is -0.508 e. The average Bonchev–Trinajstić information content (AvgIpc) is 2.21. The molecule has 90 valence electrons. The first kappa shape index (κ1) is 13.1. The van der Waals surface area contributed by atoms with E-state index in [1.165, 1.54) is 12.0 Å². The topological polar surface area (TPSA) is 20.2 Å². The maximum atomic E-state index is 9.21. The second-order valence-corrected chi connectivity index (χ2v) is 5.43. The zero-order chi connectivity index (χ0) is 12.1. The molecule has 0 aliphatic heterocycles. The minimum absolute atomic E-state index is 0.354. The van der Waals surface area contributed by atoms with E-state index in [1.54, 1.807) is 12.1 Å². The van der Waals surface area contributed by atoms with E-state index in [9.17, 15) is 5.11 Å². The Morgan fingerprint density at radius 2 is 1.56 bits per heavy atom. The monoisotopic (exact) mass is 220 g/mol. The summed E-state index contributed by atoms with van der Waals surface area (Å²) >= 11 is 0. The first-order chi connectivity index (χ1) is 7.49.